The standard InChI is InChI=1S/C20H21N3O2/c1-15-6-8-16(9-7-15)10-11-19(24)22-14-17-4-2-3-5-18(17)23-20(25)12-13-21/h2-9H,10-12,14H2,1H3,(H,22,24)(H,23,25). The summed E-state index contributed by atoms with van der Waals surface area (Å²) in [7, 11) is 0. The number of rotatable bonds is 7. The number of anilines is 1. The Kier molecular flexibility index (Phi) is 6.73. The number of amides is 2. The fraction of sp³-hybridized carbons (Fsp3) is 0.250. The highest BCUT2D eigenvalue weighted by molar-refractivity contribution is 5.92. The van der Waals surface area contributed by atoms with E-state index in [9.17, 15) is 9.59 Å². The van der Waals surface area contributed by atoms with Crippen LogP contribution in [0.4, 0.5) is 5.69 Å². The van der Waals surface area contributed by atoms with E-state index in [1.165, 1.54) is 5.56 Å². The average molecular weight is 335 g/mol. The third-order valence-corrected chi connectivity index (χ3v) is 3.77. The number of carbonyl (C=O) groups is 2. The van der Waals surface area contributed by atoms with Gasteiger partial charge in [-0.2, -0.15) is 5.26 Å². The predicted octanol–water partition coefficient (Wildman–Crippen LogP) is 3.10. The largest absolute Gasteiger partial charge is 0.352 e. The second-order valence-electron chi connectivity index (χ2n) is 5.80. The van der Waals surface area contributed by atoms with Crippen LogP contribution in [0.25, 0.3) is 0 Å². The molecular formula is C20H21N3O2. The van der Waals surface area contributed by atoms with E-state index in [2.05, 4.69) is 10.6 Å². The summed E-state index contributed by atoms with van der Waals surface area (Å²) in [5.74, 6) is -0.403. The van der Waals surface area contributed by atoms with Crippen LogP contribution in [-0.2, 0) is 22.6 Å². The van der Waals surface area contributed by atoms with Gasteiger partial charge in [0.15, 0.2) is 0 Å². The van der Waals surface area contributed by atoms with Gasteiger partial charge < -0.3 is 10.6 Å². The zero-order valence-electron chi connectivity index (χ0n) is 14.2. The summed E-state index contributed by atoms with van der Waals surface area (Å²) in [6.45, 7) is 2.36. The molecule has 2 N–H and O–H groups in total. The van der Waals surface area contributed by atoms with E-state index in [0.717, 1.165) is 11.1 Å². The van der Waals surface area contributed by atoms with Gasteiger partial charge in [-0.1, -0.05) is 48.0 Å². The fourth-order valence-electron chi connectivity index (χ4n) is 2.36. The van der Waals surface area contributed by atoms with E-state index in [4.69, 9.17) is 5.26 Å². The van der Waals surface area contributed by atoms with Crippen LogP contribution < -0.4 is 10.6 Å². The van der Waals surface area contributed by atoms with Gasteiger partial charge in [0, 0.05) is 18.7 Å². The van der Waals surface area contributed by atoms with Crippen molar-refractivity contribution in [3.05, 3.63) is 65.2 Å². The summed E-state index contributed by atoms with van der Waals surface area (Å²) in [6, 6.07) is 17.2. The van der Waals surface area contributed by atoms with Gasteiger partial charge in [-0.25, -0.2) is 0 Å². The number of carbonyl (C=O) groups excluding carboxylic acids is 2. The number of nitriles is 1. The number of para-hydroxylation sites is 1. The van der Waals surface area contributed by atoms with E-state index in [1.54, 1.807) is 12.1 Å². The topological polar surface area (TPSA) is 82.0 Å². The SMILES string of the molecule is Cc1ccc(CCC(=O)NCc2ccccc2NC(=O)CC#N)cc1. The van der Waals surface area contributed by atoms with Crippen molar-refractivity contribution < 1.29 is 9.59 Å². The molecule has 0 aliphatic heterocycles. The van der Waals surface area contributed by atoms with E-state index in [1.807, 2.05) is 49.4 Å². The van der Waals surface area contributed by atoms with Gasteiger partial charge in [0.25, 0.3) is 0 Å². The second-order valence-corrected chi connectivity index (χ2v) is 5.80. The zero-order valence-corrected chi connectivity index (χ0v) is 14.2. The van der Waals surface area contributed by atoms with Crippen LogP contribution >= 0.6 is 0 Å². The Morgan fingerprint density at radius 3 is 2.48 bits per heavy atom. The molecule has 0 heterocycles. The van der Waals surface area contributed by atoms with E-state index < -0.39 is 0 Å². The Balaban J connectivity index is 1.86. The molecule has 0 unspecified atom stereocenters. The summed E-state index contributed by atoms with van der Waals surface area (Å²) in [6.07, 6.45) is 0.899. The first-order valence-electron chi connectivity index (χ1n) is 8.15. The van der Waals surface area contributed by atoms with Crippen LogP contribution in [0.2, 0.25) is 0 Å². The molecule has 5 nitrogen and oxygen atoms in total. The highest BCUT2D eigenvalue weighted by atomic mass is 16.2. The third-order valence-electron chi connectivity index (χ3n) is 3.77. The predicted molar refractivity (Wildman–Crippen MR) is 96.6 cm³/mol. The summed E-state index contributed by atoms with van der Waals surface area (Å²) in [5, 5.41) is 14.1. The lowest BCUT2D eigenvalue weighted by Gasteiger charge is -2.11. The maximum atomic E-state index is 12.1. The molecule has 0 bridgehead atoms. The summed E-state index contributed by atoms with van der Waals surface area (Å²) < 4.78 is 0. The van der Waals surface area contributed by atoms with Gasteiger partial charge in [-0.3, -0.25) is 9.59 Å². The van der Waals surface area contributed by atoms with Crippen LogP contribution in [0.1, 0.15) is 29.5 Å². The molecular weight excluding hydrogens is 314 g/mol. The molecule has 5 heteroatoms. The molecule has 0 fully saturated rings. The number of nitrogens with one attached hydrogen (secondary N) is 2. The lowest BCUT2D eigenvalue weighted by molar-refractivity contribution is -0.121. The van der Waals surface area contributed by atoms with Gasteiger partial charge in [-0.05, 0) is 30.5 Å². The highest BCUT2D eigenvalue weighted by Crippen LogP contribution is 2.15. The van der Waals surface area contributed by atoms with Gasteiger partial charge in [0.05, 0.1) is 6.07 Å². The summed E-state index contributed by atoms with van der Waals surface area (Å²) >= 11 is 0. The molecule has 2 rings (SSSR count). The number of benzene rings is 2. The third kappa shape index (κ3) is 6.11. The molecule has 0 saturated carbocycles. The molecule has 2 aromatic rings. The fourth-order valence-corrected chi connectivity index (χ4v) is 2.36. The Morgan fingerprint density at radius 2 is 1.76 bits per heavy atom. The zero-order chi connectivity index (χ0) is 18.1. The molecule has 128 valence electrons. The number of aryl methyl sites for hydroxylation is 2. The lowest BCUT2D eigenvalue weighted by atomic mass is 10.1. The molecule has 2 aromatic carbocycles. The van der Waals surface area contributed by atoms with Crippen LogP contribution in [0, 0.1) is 18.3 Å². The normalized spacial score (nSPS) is 9.92. The number of hydrogen-bond donors (Lipinski definition) is 2. The van der Waals surface area contributed by atoms with Crippen molar-refractivity contribution in [1.82, 2.24) is 5.32 Å². The van der Waals surface area contributed by atoms with Crippen molar-refractivity contribution in [2.75, 3.05) is 5.32 Å². The average Bonchev–Trinajstić information content (AvgIpc) is 2.60. The Labute approximate surface area is 147 Å². The Hall–Kier alpha value is -3.13. The molecule has 0 radical (unpaired) electrons. The Bertz CT molecular complexity index is 776. The molecule has 2 amide bonds. The van der Waals surface area contributed by atoms with Crippen molar-refractivity contribution >= 4 is 17.5 Å². The maximum absolute atomic E-state index is 12.1. The first-order valence-corrected chi connectivity index (χ1v) is 8.15. The van der Waals surface area contributed by atoms with Crippen molar-refractivity contribution in [3.63, 3.8) is 0 Å². The first kappa shape index (κ1) is 18.2. The maximum Gasteiger partial charge on any atom is 0.238 e. The van der Waals surface area contributed by atoms with Crippen molar-refractivity contribution in [2.24, 2.45) is 0 Å². The number of nitrogens with zero attached hydrogens (tertiary/aromatic N) is 1. The molecule has 0 spiro atoms. The summed E-state index contributed by atoms with van der Waals surface area (Å²) in [4.78, 5) is 23.6. The number of hydrogen-bond acceptors (Lipinski definition) is 3. The van der Waals surface area contributed by atoms with Crippen LogP contribution in [0.3, 0.4) is 0 Å². The van der Waals surface area contributed by atoms with Gasteiger partial charge >= 0.3 is 0 Å². The van der Waals surface area contributed by atoms with Crippen LogP contribution in [0.5, 0.6) is 0 Å². The molecule has 0 aliphatic rings. The van der Waals surface area contributed by atoms with Gasteiger partial charge in [0.1, 0.15) is 6.42 Å². The minimum absolute atomic E-state index is 0.0428. The quantitative estimate of drug-likeness (QED) is 0.816. The van der Waals surface area contributed by atoms with E-state index >= 15 is 0 Å². The van der Waals surface area contributed by atoms with E-state index in [0.29, 0.717) is 25.1 Å². The molecule has 0 saturated heterocycles. The Morgan fingerprint density at radius 1 is 1.04 bits per heavy atom. The molecule has 0 atom stereocenters. The van der Waals surface area contributed by atoms with Crippen LogP contribution in [0.15, 0.2) is 48.5 Å². The molecule has 25 heavy (non-hydrogen) atoms. The molecule has 0 aliphatic carbocycles. The van der Waals surface area contributed by atoms with Crippen molar-refractivity contribution in [3.8, 4) is 6.07 Å². The second kappa shape index (κ2) is 9.24. The lowest BCUT2D eigenvalue weighted by Crippen LogP contribution is -2.24. The smallest absolute Gasteiger partial charge is 0.238 e. The van der Waals surface area contributed by atoms with Crippen LogP contribution in [-0.4, -0.2) is 11.8 Å². The minimum Gasteiger partial charge on any atom is -0.352 e. The van der Waals surface area contributed by atoms with Gasteiger partial charge in [-0.15, -0.1) is 0 Å². The molecule has 0 aromatic heterocycles. The van der Waals surface area contributed by atoms with Gasteiger partial charge in [0.2, 0.25) is 11.8 Å². The van der Waals surface area contributed by atoms with E-state index in [-0.39, 0.29) is 18.2 Å². The monoisotopic (exact) mass is 335 g/mol. The van der Waals surface area contributed by atoms with Crippen molar-refractivity contribution in [1.29, 1.82) is 5.26 Å². The first-order chi connectivity index (χ1) is 12.1. The minimum atomic E-state index is -0.361. The summed E-state index contributed by atoms with van der Waals surface area (Å²) in [5.41, 5.74) is 3.74. The van der Waals surface area contributed by atoms with Crippen molar-refractivity contribution in [2.45, 2.75) is 32.7 Å². The highest BCUT2D eigenvalue weighted by Gasteiger charge is 2.08.